The number of benzene rings is 3. The molecule has 0 atom stereocenters. The van der Waals surface area contributed by atoms with Gasteiger partial charge in [-0.3, -0.25) is 4.79 Å². The molecule has 178 valence electrons. The number of piperazine rings is 1. The summed E-state index contributed by atoms with van der Waals surface area (Å²) < 4.78 is 15.0. The molecular weight excluding hydrogens is 431 g/mol. The van der Waals surface area contributed by atoms with Crippen LogP contribution in [0.3, 0.4) is 0 Å². The number of phenols is 1. The van der Waals surface area contributed by atoms with E-state index in [-0.39, 0.29) is 11.4 Å². The van der Waals surface area contributed by atoms with Crippen molar-refractivity contribution in [1.82, 2.24) is 10.2 Å². The molecule has 6 nitrogen and oxygen atoms in total. The Morgan fingerprint density at radius 3 is 2.29 bits per heavy atom. The lowest BCUT2D eigenvalue weighted by Gasteiger charge is -2.29. The summed E-state index contributed by atoms with van der Waals surface area (Å²) in [5, 5.41) is 14.5. The van der Waals surface area contributed by atoms with Crippen molar-refractivity contribution in [2.45, 2.75) is 0 Å². The zero-order valence-corrected chi connectivity index (χ0v) is 19.7. The highest BCUT2D eigenvalue weighted by atomic mass is 19.1. The number of carbonyl (C=O) groups excluding carboxylic acids is 1. The highest BCUT2D eigenvalue weighted by molar-refractivity contribution is 5.84. The van der Waals surface area contributed by atoms with E-state index in [1.165, 1.54) is 11.0 Å². The molecule has 2 N–H and O–H groups in total. The molecule has 1 aliphatic rings. The predicted molar refractivity (Wildman–Crippen MR) is 136 cm³/mol. The monoisotopic (exact) mass is 462 g/mol. The van der Waals surface area contributed by atoms with E-state index in [0.717, 1.165) is 37.4 Å². The second-order valence-corrected chi connectivity index (χ2v) is 8.76. The van der Waals surface area contributed by atoms with Crippen molar-refractivity contribution in [3.63, 3.8) is 0 Å². The molecule has 0 aliphatic carbocycles. The number of hydrogen-bond acceptors (Lipinski definition) is 5. The SMILES string of the molecule is CN(C)CCN(C=O)c1ccc(-c2cccc(-c3cccc(N4CCNCC4)c3)c2O)cc1F. The maximum Gasteiger partial charge on any atom is 0.214 e. The summed E-state index contributed by atoms with van der Waals surface area (Å²) in [4.78, 5) is 17.1. The Morgan fingerprint density at radius 1 is 0.971 bits per heavy atom. The molecule has 1 amide bonds. The van der Waals surface area contributed by atoms with Crippen molar-refractivity contribution in [3.05, 3.63) is 66.5 Å². The Bertz CT molecular complexity index is 1150. The van der Waals surface area contributed by atoms with E-state index in [1.807, 2.05) is 43.3 Å². The summed E-state index contributed by atoms with van der Waals surface area (Å²) in [5.74, 6) is -0.402. The van der Waals surface area contributed by atoms with Gasteiger partial charge in [0.2, 0.25) is 6.41 Å². The normalized spacial score (nSPS) is 13.8. The van der Waals surface area contributed by atoms with E-state index in [9.17, 15) is 9.90 Å². The number of para-hydroxylation sites is 1. The van der Waals surface area contributed by atoms with E-state index in [4.69, 9.17) is 0 Å². The summed E-state index contributed by atoms with van der Waals surface area (Å²) >= 11 is 0. The average molecular weight is 463 g/mol. The summed E-state index contributed by atoms with van der Waals surface area (Å²) in [6, 6.07) is 18.3. The van der Waals surface area contributed by atoms with Crippen LogP contribution in [0.4, 0.5) is 15.8 Å². The number of likely N-dealkylation sites (N-methyl/N-ethyl adjacent to an activating group) is 1. The summed E-state index contributed by atoms with van der Waals surface area (Å²) in [6.07, 6.45) is 0.644. The number of phenolic OH excluding ortho intramolecular Hbond substituents is 1. The molecule has 0 aromatic heterocycles. The van der Waals surface area contributed by atoms with Gasteiger partial charge >= 0.3 is 0 Å². The lowest BCUT2D eigenvalue weighted by atomic mass is 9.96. The first-order chi connectivity index (χ1) is 16.5. The summed E-state index contributed by atoms with van der Waals surface area (Å²) in [5.41, 5.74) is 4.03. The Balaban J connectivity index is 1.64. The molecule has 1 heterocycles. The van der Waals surface area contributed by atoms with E-state index in [0.29, 0.717) is 36.2 Å². The van der Waals surface area contributed by atoms with Crippen molar-refractivity contribution in [1.29, 1.82) is 0 Å². The second kappa shape index (κ2) is 10.7. The third-order valence-corrected chi connectivity index (χ3v) is 6.16. The number of hydrogen-bond donors (Lipinski definition) is 2. The van der Waals surface area contributed by atoms with Gasteiger partial charge in [-0.2, -0.15) is 0 Å². The Kier molecular flexibility index (Phi) is 7.45. The van der Waals surface area contributed by atoms with Gasteiger partial charge in [-0.05, 0) is 49.5 Å². The Hall–Kier alpha value is -3.42. The van der Waals surface area contributed by atoms with E-state index in [1.54, 1.807) is 18.2 Å². The van der Waals surface area contributed by atoms with Crippen LogP contribution in [0.2, 0.25) is 0 Å². The molecule has 0 radical (unpaired) electrons. The van der Waals surface area contributed by atoms with E-state index in [2.05, 4.69) is 22.3 Å². The van der Waals surface area contributed by atoms with Crippen molar-refractivity contribution < 1.29 is 14.3 Å². The molecule has 1 saturated heterocycles. The number of amides is 1. The minimum Gasteiger partial charge on any atom is -0.507 e. The number of carbonyl (C=O) groups is 1. The predicted octanol–water partition coefficient (Wildman–Crippen LogP) is 3.80. The molecule has 0 saturated carbocycles. The maximum atomic E-state index is 15.0. The van der Waals surface area contributed by atoms with Gasteiger partial charge in [-0.25, -0.2) is 4.39 Å². The van der Waals surface area contributed by atoms with Gasteiger partial charge in [0.1, 0.15) is 11.6 Å². The largest absolute Gasteiger partial charge is 0.507 e. The number of halogens is 1. The fourth-order valence-corrected chi connectivity index (χ4v) is 4.25. The Morgan fingerprint density at radius 2 is 1.65 bits per heavy atom. The molecule has 3 aromatic rings. The quantitative estimate of drug-likeness (QED) is 0.499. The van der Waals surface area contributed by atoms with Crippen LogP contribution in [0.5, 0.6) is 5.75 Å². The fourth-order valence-electron chi connectivity index (χ4n) is 4.25. The minimum atomic E-state index is -0.506. The first-order valence-corrected chi connectivity index (χ1v) is 11.5. The number of anilines is 2. The second-order valence-electron chi connectivity index (χ2n) is 8.76. The minimum absolute atomic E-state index is 0.104. The molecule has 0 unspecified atom stereocenters. The van der Waals surface area contributed by atoms with Crippen LogP contribution in [0.15, 0.2) is 60.7 Å². The van der Waals surface area contributed by atoms with Crippen molar-refractivity contribution in [3.8, 4) is 28.0 Å². The van der Waals surface area contributed by atoms with Crippen molar-refractivity contribution in [2.24, 2.45) is 0 Å². The first kappa shape index (κ1) is 23.7. The molecule has 0 spiro atoms. The van der Waals surface area contributed by atoms with Gasteiger partial charge in [0.05, 0.1) is 5.69 Å². The van der Waals surface area contributed by atoms with Crippen LogP contribution in [-0.4, -0.2) is 69.8 Å². The van der Waals surface area contributed by atoms with Gasteiger partial charge in [-0.15, -0.1) is 0 Å². The lowest BCUT2D eigenvalue weighted by Crippen LogP contribution is -2.43. The average Bonchev–Trinajstić information content (AvgIpc) is 2.86. The van der Waals surface area contributed by atoms with Gasteiger partial charge in [0.25, 0.3) is 0 Å². The van der Waals surface area contributed by atoms with Gasteiger partial charge in [0.15, 0.2) is 0 Å². The number of nitrogens with zero attached hydrogens (tertiary/aromatic N) is 3. The fraction of sp³-hybridized carbons (Fsp3) is 0.296. The molecular formula is C27H31FN4O2. The molecule has 34 heavy (non-hydrogen) atoms. The smallest absolute Gasteiger partial charge is 0.214 e. The standard InChI is InChI=1S/C27H31FN4O2/c1-30(2)15-16-32(19-33)26-10-9-21(18-25(26)28)24-8-4-7-23(27(24)34)20-5-3-6-22(17-20)31-13-11-29-12-14-31/h3-10,17-19,29,34H,11-16H2,1-2H3. The Labute approximate surface area is 200 Å². The van der Waals surface area contributed by atoms with Crippen LogP contribution >= 0.6 is 0 Å². The van der Waals surface area contributed by atoms with Gasteiger partial charge in [0, 0.05) is 56.1 Å². The molecule has 0 bridgehead atoms. The summed E-state index contributed by atoms with van der Waals surface area (Å²) in [6.45, 7) is 4.78. The van der Waals surface area contributed by atoms with Crippen LogP contribution < -0.4 is 15.1 Å². The number of aromatic hydroxyl groups is 1. The summed E-state index contributed by atoms with van der Waals surface area (Å²) in [7, 11) is 3.80. The molecule has 1 fully saturated rings. The maximum absolute atomic E-state index is 15.0. The molecule has 1 aliphatic heterocycles. The van der Waals surface area contributed by atoms with Crippen molar-refractivity contribution >= 4 is 17.8 Å². The van der Waals surface area contributed by atoms with Gasteiger partial charge < -0.3 is 25.1 Å². The molecule has 7 heteroatoms. The number of nitrogens with one attached hydrogen (secondary N) is 1. The zero-order valence-electron chi connectivity index (χ0n) is 19.7. The highest BCUT2D eigenvalue weighted by Crippen LogP contribution is 2.39. The van der Waals surface area contributed by atoms with E-state index < -0.39 is 5.82 Å². The van der Waals surface area contributed by atoms with Crippen molar-refractivity contribution in [2.75, 3.05) is 63.2 Å². The topological polar surface area (TPSA) is 59.0 Å². The lowest BCUT2D eigenvalue weighted by molar-refractivity contribution is -0.107. The zero-order chi connectivity index (χ0) is 24.1. The number of rotatable bonds is 8. The van der Waals surface area contributed by atoms with Gasteiger partial charge in [-0.1, -0.05) is 36.4 Å². The van der Waals surface area contributed by atoms with Crippen LogP contribution in [0.25, 0.3) is 22.3 Å². The third-order valence-electron chi connectivity index (χ3n) is 6.16. The first-order valence-electron chi connectivity index (χ1n) is 11.5. The third kappa shape index (κ3) is 5.21. The molecule has 3 aromatic carbocycles. The van der Waals surface area contributed by atoms with Crippen LogP contribution in [-0.2, 0) is 4.79 Å². The van der Waals surface area contributed by atoms with E-state index >= 15 is 4.39 Å². The molecule has 4 rings (SSSR count). The van der Waals surface area contributed by atoms with Crippen LogP contribution in [0.1, 0.15) is 0 Å². The van der Waals surface area contributed by atoms with Crippen LogP contribution in [0, 0.1) is 5.82 Å². The highest BCUT2D eigenvalue weighted by Gasteiger charge is 2.17.